The summed E-state index contributed by atoms with van der Waals surface area (Å²) in [6.45, 7) is 3.06. The molecular formula is C8H8N4O4S. The molecule has 0 saturated heterocycles. The number of carboxylic acid groups (broad SMARTS) is 1. The topological polar surface area (TPSA) is 141 Å². The number of aliphatic carboxylic acids is 1. The Kier molecular flexibility index (Phi) is 3.78. The number of carbonyl (C=O) groups is 2. The predicted molar refractivity (Wildman–Crippen MR) is 60.1 cm³/mol. The zero-order chi connectivity index (χ0) is 13.0. The SMILES string of the molecule is C=C(ON=C(C(N)=O)c1csc(N)n1)C(=O)O. The van der Waals surface area contributed by atoms with E-state index in [2.05, 4.69) is 21.6 Å². The smallest absolute Gasteiger partial charge is 0.374 e. The van der Waals surface area contributed by atoms with Crippen LogP contribution in [0.1, 0.15) is 5.69 Å². The van der Waals surface area contributed by atoms with Gasteiger partial charge in [-0.05, 0) is 6.58 Å². The lowest BCUT2D eigenvalue weighted by atomic mass is 10.3. The zero-order valence-corrected chi connectivity index (χ0v) is 9.23. The van der Waals surface area contributed by atoms with E-state index in [4.69, 9.17) is 16.6 Å². The van der Waals surface area contributed by atoms with Gasteiger partial charge >= 0.3 is 5.97 Å². The second-order valence-electron chi connectivity index (χ2n) is 2.69. The molecule has 1 aromatic rings. The van der Waals surface area contributed by atoms with Gasteiger partial charge in [-0.15, -0.1) is 11.3 Å². The van der Waals surface area contributed by atoms with Crippen LogP contribution < -0.4 is 11.5 Å². The number of nitrogen functional groups attached to an aromatic ring is 1. The van der Waals surface area contributed by atoms with E-state index in [0.29, 0.717) is 0 Å². The van der Waals surface area contributed by atoms with Gasteiger partial charge < -0.3 is 21.4 Å². The molecule has 9 heteroatoms. The summed E-state index contributed by atoms with van der Waals surface area (Å²) in [5, 5.41) is 13.4. The van der Waals surface area contributed by atoms with E-state index >= 15 is 0 Å². The van der Waals surface area contributed by atoms with Gasteiger partial charge in [-0.25, -0.2) is 9.78 Å². The minimum atomic E-state index is -1.41. The van der Waals surface area contributed by atoms with E-state index in [1.54, 1.807) is 0 Å². The van der Waals surface area contributed by atoms with E-state index in [9.17, 15) is 9.59 Å². The molecule has 0 spiro atoms. The molecule has 0 aliphatic rings. The number of nitrogens with two attached hydrogens (primary N) is 2. The van der Waals surface area contributed by atoms with Crippen molar-refractivity contribution in [3.05, 3.63) is 23.4 Å². The van der Waals surface area contributed by atoms with Crippen LogP contribution in [0.25, 0.3) is 0 Å². The molecule has 1 heterocycles. The van der Waals surface area contributed by atoms with Crippen LogP contribution in [-0.2, 0) is 14.4 Å². The molecule has 5 N–H and O–H groups in total. The maximum atomic E-state index is 11.0. The normalized spacial score (nSPS) is 10.9. The Bertz CT molecular complexity index is 507. The molecule has 8 nitrogen and oxygen atoms in total. The Labute approximate surface area is 99.2 Å². The van der Waals surface area contributed by atoms with Gasteiger partial charge in [0.2, 0.25) is 5.76 Å². The van der Waals surface area contributed by atoms with Crippen LogP contribution in [0.3, 0.4) is 0 Å². The van der Waals surface area contributed by atoms with Gasteiger partial charge in [0.1, 0.15) is 5.69 Å². The summed E-state index contributed by atoms with van der Waals surface area (Å²) in [6.07, 6.45) is 0. The molecule has 0 aromatic carbocycles. The van der Waals surface area contributed by atoms with Crippen LogP contribution in [0.2, 0.25) is 0 Å². The fourth-order valence-electron chi connectivity index (χ4n) is 0.754. The fourth-order valence-corrected chi connectivity index (χ4v) is 1.30. The highest BCUT2D eigenvalue weighted by atomic mass is 32.1. The number of rotatable bonds is 5. The lowest BCUT2D eigenvalue weighted by molar-refractivity contribution is -0.136. The minimum Gasteiger partial charge on any atom is -0.475 e. The van der Waals surface area contributed by atoms with E-state index in [1.165, 1.54) is 5.38 Å². The number of amides is 1. The van der Waals surface area contributed by atoms with Crippen molar-refractivity contribution in [2.45, 2.75) is 0 Å². The fraction of sp³-hybridized carbons (Fsp3) is 0. The van der Waals surface area contributed by atoms with Crippen molar-refractivity contribution in [2.75, 3.05) is 5.73 Å². The summed E-state index contributed by atoms with van der Waals surface area (Å²) in [7, 11) is 0. The predicted octanol–water partition coefficient (Wildman–Crippen LogP) is -0.470. The summed E-state index contributed by atoms with van der Waals surface area (Å²) in [5.74, 6) is -2.98. The second-order valence-corrected chi connectivity index (χ2v) is 3.58. The van der Waals surface area contributed by atoms with Crippen LogP contribution in [-0.4, -0.2) is 27.7 Å². The van der Waals surface area contributed by atoms with E-state index in [-0.39, 0.29) is 16.5 Å². The molecule has 0 radical (unpaired) electrons. The van der Waals surface area contributed by atoms with Crippen molar-refractivity contribution in [1.29, 1.82) is 0 Å². The number of carbonyl (C=O) groups excluding carboxylic acids is 1. The molecule has 0 unspecified atom stereocenters. The Balaban J connectivity index is 2.94. The highest BCUT2D eigenvalue weighted by molar-refractivity contribution is 7.13. The molecule has 0 atom stereocenters. The highest BCUT2D eigenvalue weighted by Gasteiger charge is 2.16. The lowest BCUT2D eigenvalue weighted by Gasteiger charge is -1.99. The van der Waals surface area contributed by atoms with Crippen LogP contribution in [0.4, 0.5) is 5.13 Å². The first-order valence-corrected chi connectivity index (χ1v) is 4.98. The maximum absolute atomic E-state index is 11.0. The quantitative estimate of drug-likeness (QED) is 0.281. The average Bonchev–Trinajstić information content (AvgIpc) is 2.64. The largest absolute Gasteiger partial charge is 0.475 e. The van der Waals surface area contributed by atoms with Gasteiger partial charge in [-0.2, -0.15) is 0 Å². The van der Waals surface area contributed by atoms with Crippen molar-refractivity contribution >= 4 is 34.1 Å². The molecule has 0 aliphatic carbocycles. The Morgan fingerprint density at radius 2 is 2.24 bits per heavy atom. The van der Waals surface area contributed by atoms with E-state index < -0.39 is 17.6 Å². The molecular weight excluding hydrogens is 248 g/mol. The number of oxime groups is 1. The number of aromatic nitrogens is 1. The zero-order valence-electron chi connectivity index (χ0n) is 8.41. The number of hydrogen-bond acceptors (Lipinski definition) is 7. The highest BCUT2D eigenvalue weighted by Crippen LogP contribution is 2.12. The Morgan fingerprint density at radius 3 is 2.65 bits per heavy atom. The number of anilines is 1. The van der Waals surface area contributed by atoms with Crippen LogP contribution in [0, 0.1) is 0 Å². The van der Waals surface area contributed by atoms with Crippen LogP contribution in [0.5, 0.6) is 0 Å². The lowest BCUT2D eigenvalue weighted by Crippen LogP contribution is -2.25. The molecule has 90 valence electrons. The molecule has 1 amide bonds. The van der Waals surface area contributed by atoms with Gasteiger partial charge in [-0.1, -0.05) is 5.16 Å². The number of nitrogens with zero attached hydrogens (tertiary/aromatic N) is 2. The van der Waals surface area contributed by atoms with Gasteiger partial charge in [-0.3, -0.25) is 4.79 Å². The first kappa shape index (κ1) is 12.6. The van der Waals surface area contributed by atoms with Gasteiger partial charge in [0, 0.05) is 5.38 Å². The Hall–Kier alpha value is -2.42. The molecule has 0 aliphatic heterocycles. The summed E-state index contributed by atoms with van der Waals surface area (Å²) in [5.41, 5.74) is 10.2. The summed E-state index contributed by atoms with van der Waals surface area (Å²) >= 11 is 1.07. The number of carboxylic acids is 1. The standard InChI is InChI=1S/C8H8N4O4S/c1-3(7(14)15)16-12-5(6(9)13)4-2-17-8(10)11-4/h2H,1H2,(H2,9,13)(H2,10,11)(H,14,15). The van der Waals surface area contributed by atoms with Crippen LogP contribution in [0.15, 0.2) is 22.9 Å². The number of primary amides is 1. The minimum absolute atomic E-state index is 0.109. The monoisotopic (exact) mass is 256 g/mol. The van der Waals surface area contributed by atoms with Gasteiger partial charge in [0.05, 0.1) is 0 Å². The molecule has 0 fully saturated rings. The van der Waals surface area contributed by atoms with Gasteiger partial charge in [0.15, 0.2) is 10.8 Å². The number of hydrogen-bond donors (Lipinski definition) is 3. The second kappa shape index (κ2) is 5.07. The molecule has 0 bridgehead atoms. The summed E-state index contributed by atoms with van der Waals surface area (Å²) in [6, 6.07) is 0. The van der Waals surface area contributed by atoms with E-state index in [0.717, 1.165) is 11.3 Å². The van der Waals surface area contributed by atoms with Crippen molar-refractivity contribution in [3.8, 4) is 0 Å². The maximum Gasteiger partial charge on any atom is 0.374 e. The molecule has 0 saturated carbocycles. The summed E-state index contributed by atoms with van der Waals surface area (Å²) in [4.78, 5) is 29.6. The third kappa shape index (κ3) is 3.28. The van der Waals surface area contributed by atoms with Crippen LogP contribution >= 0.6 is 11.3 Å². The van der Waals surface area contributed by atoms with E-state index in [1.807, 2.05) is 0 Å². The van der Waals surface area contributed by atoms with Crippen molar-refractivity contribution in [2.24, 2.45) is 10.9 Å². The molecule has 1 aromatic heterocycles. The average molecular weight is 256 g/mol. The number of thiazole rings is 1. The first-order valence-electron chi connectivity index (χ1n) is 4.10. The Morgan fingerprint density at radius 1 is 1.59 bits per heavy atom. The molecule has 1 rings (SSSR count). The van der Waals surface area contributed by atoms with Crippen molar-refractivity contribution in [1.82, 2.24) is 4.98 Å². The summed E-state index contributed by atoms with van der Waals surface area (Å²) < 4.78 is 0. The first-order chi connectivity index (χ1) is 7.91. The van der Waals surface area contributed by atoms with Gasteiger partial charge in [0.25, 0.3) is 5.91 Å². The molecule has 17 heavy (non-hydrogen) atoms. The third-order valence-corrected chi connectivity index (χ3v) is 2.16. The van der Waals surface area contributed by atoms with Crippen molar-refractivity contribution in [3.63, 3.8) is 0 Å². The third-order valence-electron chi connectivity index (χ3n) is 1.48. The van der Waals surface area contributed by atoms with Crippen molar-refractivity contribution < 1.29 is 19.5 Å².